The first-order valence-corrected chi connectivity index (χ1v) is 1.89. The summed E-state index contributed by atoms with van der Waals surface area (Å²) in [6.45, 7) is 5.31. The van der Waals surface area contributed by atoms with Crippen LogP contribution in [-0.4, -0.2) is 62.2 Å². The number of hydrogen-bond acceptors (Lipinski definition) is 2. The molecular weight excluding hydrogens is 119 g/mol. The molecule has 0 bridgehead atoms. The van der Waals surface area contributed by atoms with Crippen molar-refractivity contribution in [3.63, 3.8) is 0 Å². The van der Waals surface area contributed by atoms with Crippen LogP contribution in [0.5, 0.6) is 0 Å². The molecule has 1 N–H and O–H groups in total. The molecule has 0 atom stereocenters. The third-order valence-electron chi connectivity index (χ3n) is 0.274. The van der Waals surface area contributed by atoms with Crippen LogP contribution < -0.4 is 0 Å². The molecule has 0 aromatic rings. The Kier molecular flexibility index (Phi) is 7.20. The molecule has 0 saturated heterocycles. The second kappa shape index (κ2) is 4.44. The summed E-state index contributed by atoms with van der Waals surface area (Å²) in [7, 11) is 0. The van der Waals surface area contributed by atoms with E-state index in [1.165, 1.54) is 0 Å². The Morgan fingerprint density at radius 2 is 1.43 bits per heavy atom. The SMILES string of the molecule is CC(C)(C)OO.[KH]. The van der Waals surface area contributed by atoms with Crippen LogP contribution in [0, 0.1) is 0 Å². The third kappa shape index (κ3) is 11.2. The summed E-state index contributed by atoms with van der Waals surface area (Å²) in [5, 5.41) is 7.90. The molecule has 0 aliphatic heterocycles. The standard InChI is InChI=1S/C4H10O2.K.H/c1-4(2,3)6-5;;/h5H,1-3H3;;. The molecule has 0 unspecified atom stereocenters. The van der Waals surface area contributed by atoms with Gasteiger partial charge in [0.15, 0.2) is 0 Å². The van der Waals surface area contributed by atoms with Crippen molar-refractivity contribution in [2.45, 2.75) is 26.4 Å². The first kappa shape index (κ1) is 11.4. The van der Waals surface area contributed by atoms with Crippen molar-refractivity contribution in [1.82, 2.24) is 0 Å². The first-order chi connectivity index (χ1) is 2.56. The second-order valence-corrected chi connectivity index (χ2v) is 2.20. The molecular formula is C4H11KO2. The Hall–Kier alpha value is 1.56. The molecule has 0 fully saturated rings. The van der Waals surface area contributed by atoms with Gasteiger partial charge in [0.25, 0.3) is 0 Å². The maximum absolute atomic E-state index is 7.90. The Balaban J connectivity index is 0. The first-order valence-electron chi connectivity index (χ1n) is 1.89. The molecule has 0 aliphatic carbocycles. The maximum atomic E-state index is 7.90. The van der Waals surface area contributed by atoms with Crippen molar-refractivity contribution in [3.05, 3.63) is 0 Å². The molecule has 0 aromatic heterocycles. The van der Waals surface area contributed by atoms with Gasteiger partial charge in [-0.15, -0.1) is 0 Å². The van der Waals surface area contributed by atoms with Gasteiger partial charge < -0.3 is 0 Å². The van der Waals surface area contributed by atoms with Crippen molar-refractivity contribution in [3.8, 4) is 0 Å². The van der Waals surface area contributed by atoms with Gasteiger partial charge in [0.05, 0.1) is 5.60 Å². The van der Waals surface area contributed by atoms with E-state index in [0.29, 0.717) is 0 Å². The van der Waals surface area contributed by atoms with E-state index in [0.717, 1.165) is 0 Å². The zero-order valence-corrected chi connectivity index (χ0v) is 4.36. The van der Waals surface area contributed by atoms with E-state index >= 15 is 0 Å². The van der Waals surface area contributed by atoms with E-state index < -0.39 is 5.60 Å². The van der Waals surface area contributed by atoms with Crippen LogP contribution in [0.4, 0.5) is 0 Å². The fourth-order valence-corrected chi connectivity index (χ4v) is 0. The minimum absolute atomic E-state index is 0. The average Bonchev–Trinajstić information content (AvgIpc) is 1.35. The Morgan fingerprint density at radius 3 is 1.43 bits per heavy atom. The molecule has 3 heteroatoms. The van der Waals surface area contributed by atoms with Gasteiger partial charge in [-0.2, -0.15) is 0 Å². The third-order valence-corrected chi connectivity index (χ3v) is 0.274. The van der Waals surface area contributed by atoms with Gasteiger partial charge >= 0.3 is 51.4 Å². The summed E-state index contributed by atoms with van der Waals surface area (Å²) in [6.07, 6.45) is 0. The Labute approximate surface area is 86.6 Å². The average molecular weight is 130 g/mol. The molecule has 0 saturated carbocycles. The molecule has 0 aliphatic rings. The van der Waals surface area contributed by atoms with E-state index in [2.05, 4.69) is 4.89 Å². The fourth-order valence-electron chi connectivity index (χ4n) is 0. The molecule has 40 valence electrons. The van der Waals surface area contributed by atoms with Gasteiger partial charge in [-0.25, -0.2) is 4.89 Å². The monoisotopic (exact) mass is 130 g/mol. The van der Waals surface area contributed by atoms with Gasteiger partial charge in [-0.1, -0.05) is 0 Å². The fraction of sp³-hybridized carbons (Fsp3) is 1.00. The summed E-state index contributed by atoms with van der Waals surface area (Å²) in [5.74, 6) is 0. The van der Waals surface area contributed by atoms with E-state index in [-0.39, 0.29) is 51.4 Å². The topological polar surface area (TPSA) is 29.5 Å². The Bertz CT molecular complexity index is 39.4. The molecule has 0 aromatic carbocycles. The summed E-state index contributed by atoms with van der Waals surface area (Å²) in [5.41, 5.74) is -0.403. The molecule has 0 heterocycles. The van der Waals surface area contributed by atoms with Gasteiger partial charge in [0, 0.05) is 0 Å². The van der Waals surface area contributed by atoms with E-state index in [9.17, 15) is 0 Å². The van der Waals surface area contributed by atoms with Crippen LogP contribution in [0.25, 0.3) is 0 Å². The van der Waals surface area contributed by atoms with Crippen molar-refractivity contribution in [2.75, 3.05) is 0 Å². The summed E-state index contributed by atoms with van der Waals surface area (Å²) < 4.78 is 0. The summed E-state index contributed by atoms with van der Waals surface area (Å²) in [6, 6.07) is 0. The van der Waals surface area contributed by atoms with Crippen LogP contribution in [-0.2, 0) is 4.89 Å². The van der Waals surface area contributed by atoms with Crippen LogP contribution in [0.15, 0.2) is 0 Å². The Morgan fingerprint density at radius 1 is 1.29 bits per heavy atom. The van der Waals surface area contributed by atoms with Crippen LogP contribution in [0.3, 0.4) is 0 Å². The van der Waals surface area contributed by atoms with E-state index in [1.807, 2.05) is 0 Å². The molecule has 2 nitrogen and oxygen atoms in total. The van der Waals surface area contributed by atoms with Crippen molar-refractivity contribution >= 4 is 51.4 Å². The molecule has 0 amide bonds. The van der Waals surface area contributed by atoms with Crippen LogP contribution in [0.1, 0.15) is 20.8 Å². The van der Waals surface area contributed by atoms with Gasteiger partial charge in [0.1, 0.15) is 0 Å². The quantitative estimate of drug-likeness (QED) is 0.296. The zero-order chi connectivity index (χ0) is 5.21. The van der Waals surface area contributed by atoms with Crippen LogP contribution >= 0.6 is 0 Å². The normalized spacial score (nSPS) is 10.3. The van der Waals surface area contributed by atoms with Crippen molar-refractivity contribution in [1.29, 1.82) is 0 Å². The van der Waals surface area contributed by atoms with Gasteiger partial charge in [-0.05, 0) is 20.8 Å². The summed E-state index contributed by atoms with van der Waals surface area (Å²) in [4.78, 5) is 3.94. The second-order valence-electron chi connectivity index (χ2n) is 2.20. The van der Waals surface area contributed by atoms with Gasteiger partial charge in [0.2, 0.25) is 0 Å². The van der Waals surface area contributed by atoms with E-state index in [4.69, 9.17) is 5.26 Å². The predicted octanol–water partition coefficient (Wildman–Crippen LogP) is 0.626. The van der Waals surface area contributed by atoms with Gasteiger partial charge in [-0.3, -0.25) is 5.26 Å². The summed E-state index contributed by atoms with van der Waals surface area (Å²) >= 11 is 0. The molecule has 0 radical (unpaired) electrons. The van der Waals surface area contributed by atoms with Crippen molar-refractivity contribution in [2.24, 2.45) is 0 Å². The minimum atomic E-state index is -0.403. The molecule has 7 heavy (non-hydrogen) atoms. The van der Waals surface area contributed by atoms with Crippen molar-refractivity contribution < 1.29 is 10.1 Å². The van der Waals surface area contributed by atoms with Crippen LogP contribution in [0.2, 0.25) is 0 Å². The predicted molar refractivity (Wildman–Crippen MR) is 30.6 cm³/mol. The zero-order valence-electron chi connectivity index (χ0n) is 4.36. The van der Waals surface area contributed by atoms with E-state index in [1.54, 1.807) is 20.8 Å². The number of rotatable bonds is 0. The molecule has 0 spiro atoms. The number of hydrogen-bond donors (Lipinski definition) is 1. The molecule has 0 rings (SSSR count).